The van der Waals surface area contributed by atoms with E-state index >= 15 is 0 Å². The van der Waals surface area contributed by atoms with Crippen LogP contribution in [0.25, 0.3) is 0 Å². The predicted octanol–water partition coefficient (Wildman–Crippen LogP) is -5.28. The maximum absolute atomic E-state index is 14.5. The van der Waals surface area contributed by atoms with E-state index in [0.29, 0.717) is 31.2 Å². The Morgan fingerprint density at radius 2 is 1.11 bits per heavy atom. The molecule has 0 aromatic heterocycles. The first-order valence-corrected chi connectivity index (χ1v) is 24.8. The predicted molar refractivity (Wildman–Crippen MR) is 267 cm³/mol. The first-order chi connectivity index (χ1) is 34.2. The van der Waals surface area contributed by atoms with Crippen LogP contribution < -0.4 is 76.5 Å². The molecule has 1 aliphatic rings. The minimum Gasteiger partial charge on any atom is -0.391 e. The van der Waals surface area contributed by atoms with Crippen LogP contribution in [0.5, 0.6) is 0 Å². The summed E-state index contributed by atoms with van der Waals surface area (Å²) in [6.45, 7) is 6.07. The second-order valence-electron chi connectivity index (χ2n) is 18.5. The summed E-state index contributed by atoms with van der Waals surface area (Å²) in [4.78, 5) is 126. The normalized spacial score (nSPS) is 24.2. The van der Waals surface area contributed by atoms with Crippen LogP contribution in [0, 0.1) is 5.92 Å². The van der Waals surface area contributed by atoms with E-state index in [4.69, 9.17) is 28.7 Å². The summed E-state index contributed by atoms with van der Waals surface area (Å²) in [6.07, 6.45) is -1.77. The van der Waals surface area contributed by atoms with Crippen molar-refractivity contribution in [3.05, 3.63) is 35.9 Å². The Labute approximate surface area is 421 Å². The first kappa shape index (κ1) is 62.3. The number of carbonyl (C=O) groups excluding carboxylic acids is 9. The van der Waals surface area contributed by atoms with Gasteiger partial charge in [0.2, 0.25) is 53.2 Å². The lowest BCUT2D eigenvalue weighted by molar-refractivity contribution is -0.136. The van der Waals surface area contributed by atoms with Crippen LogP contribution in [0.2, 0.25) is 0 Å². The lowest BCUT2D eigenvalue weighted by atomic mass is 10.00. The molecule has 0 saturated carbocycles. The van der Waals surface area contributed by atoms with Crippen LogP contribution in [0.3, 0.4) is 0 Å². The van der Waals surface area contributed by atoms with Crippen molar-refractivity contribution < 1.29 is 53.4 Å². The fourth-order valence-corrected chi connectivity index (χ4v) is 7.65. The molecule has 0 spiro atoms. The molecular weight excluding hydrogens is 937 g/mol. The van der Waals surface area contributed by atoms with Gasteiger partial charge in [0, 0.05) is 13.0 Å². The number of hydrogen-bond donors (Lipinski definition) is 16. The number of rotatable bonds is 22. The summed E-state index contributed by atoms with van der Waals surface area (Å²) in [5.74, 6) is -7.84. The van der Waals surface area contributed by atoms with Gasteiger partial charge in [-0.25, -0.2) is 0 Å². The largest absolute Gasteiger partial charge is 0.391 e. The summed E-state index contributed by atoms with van der Waals surface area (Å²) in [5.41, 5.74) is 29.6. The molecule has 1 fully saturated rings. The van der Waals surface area contributed by atoms with E-state index in [2.05, 4.69) is 47.9 Å². The number of aliphatic hydroxyl groups is 2. The molecule has 2 rings (SSSR count). The molecule has 0 unspecified atom stereocenters. The maximum atomic E-state index is 14.5. The number of benzene rings is 1. The van der Waals surface area contributed by atoms with Crippen LogP contribution in [0.15, 0.2) is 30.3 Å². The smallest absolute Gasteiger partial charge is 0.245 e. The number of nitrogens with one attached hydrogen (secondary N) is 9. The Bertz CT molecular complexity index is 1910. The lowest BCUT2D eigenvalue weighted by Crippen LogP contribution is -2.61. The van der Waals surface area contributed by atoms with E-state index in [1.165, 1.54) is 13.8 Å². The SMILES string of the molecule is CC(C)C[C@@H]1NC(=O)[C@@H](Cc2ccccc2)NC(=O)[C@H](CCCCN)NC(=O)[C@@H](NC(=O)[C@H](CCCCN)NC(=O)[C@@H](N)[C@@H](C)O)CCNC(=O)[C@H]([C@@H](C)O)NC(=O)[C@H](CCN)NC(=O)[C@H](CCN)NC1=O. The fourth-order valence-electron chi connectivity index (χ4n) is 7.65. The number of unbranched alkanes of at least 4 members (excludes halogenated alkanes) is 2. The van der Waals surface area contributed by atoms with Gasteiger partial charge < -0.3 is 86.7 Å². The molecule has 0 bridgehead atoms. The second kappa shape index (κ2) is 33.0. The fraction of sp³-hybridized carbons (Fsp3) is 0.681. The molecule has 1 aromatic carbocycles. The summed E-state index contributed by atoms with van der Waals surface area (Å²) in [5, 5.41) is 44.2. The van der Waals surface area contributed by atoms with Crippen molar-refractivity contribution in [1.29, 1.82) is 0 Å². The van der Waals surface area contributed by atoms with E-state index in [-0.39, 0.29) is 83.6 Å². The Morgan fingerprint density at radius 3 is 1.65 bits per heavy atom. The van der Waals surface area contributed by atoms with Crippen LogP contribution in [-0.2, 0) is 49.6 Å². The van der Waals surface area contributed by atoms with Gasteiger partial charge >= 0.3 is 0 Å². The van der Waals surface area contributed by atoms with Gasteiger partial charge in [0.15, 0.2) is 0 Å². The highest BCUT2D eigenvalue weighted by Gasteiger charge is 2.36. The summed E-state index contributed by atoms with van der Waals surface area (Å²) in [7, 11) is 0. The molecule has 25 heteroatoms. The monoisotopic (exact) mass is 1020 g/mol. The second-order valence-corrected chi connectivity index (χ2v) is 18.5. The van der Waals surface area contributed by atoms with Crippen molar-refractivity contribution in [2.75, 3.05) is 32.7 Å². The average molecular weight is 1020 g/mol. The van der Waals surface area contributed by atoms with Crippen molar-refractivity contribution in [3.63, 3.8) is 0 Å². The minimum absolute atomic E-state index is 0.00471. The van der Waals surface area contributed by atoms with E-state index < -0.39 is 120 Å². The van der Waals surface area contributed by atoms with Crippen molar-refractivity contribution >= 4 is 53.2 Å². The van der Waals surface area contributed by atoms with Crippen molar-refractivity contribution in [2.24, 2.45) is 34.6 Å². The van der Waals surface area contributed by atoms with E-state index in [9.17, 15) is 53.4 Å². The van der Waals surface area contributed by atoms with Gasteiger partial charge in [0.25, 0.3) is 0 Å². The molecule has 1 saturated heterocycles. The van der Waals surface area contributed by atoms with Crippen molar-refractivity contribution in [3.8, 4) is 0 Å². The molecule has 0 radical (unpaired) electrons. The summed E-state index contributed by atoms with van der Waals surface area (Å²) in [6, 6.07) is -3.80. The molecule has 9 amide bonds. The van der Waals surface area contributed by atoms with Crippen LogP contribution >= 0.6 is 0 Å². The molecule has 21 N–H and O–H groups in total. The third kappa shape index (κ3) is 21.9. The van der Waals surface area contributed by atoms with Gasteiger partial charge in [-0.05, 0) is 116 Å². The summed E-state index contributed by atoms with van der Waals surface area (Å²) < 4.78 is 0. The third-order valence-electron chi connectivity index (χ3n) is 11.8. The van der Waals surface area contributed by atoms with Crippen molar-refractivity contribution in [1.82, 2.24) is 47.9 Å². The number of nitrogens with two attached hydrogens (primary N) is 5. The minimum atomic E-state index is -1.63. The standard InChI is InChI=1S/C47H82N14O11/c1-26(2)24-35-44(69)56-32(16-21-50)41(66)55-33(17-22-51)43(68)61-38(28(4)63)47(72)53-23-18-34(57-39(64)31(15-9-11-20-49)58-46(71)37(52)27(3)62)42(67)54-30(14-8-10-19-48)40(65)60-36(45(70)59-35)25-29-12-6-5-7-13-29/h5-7,12-13,26-28,30-38,62-63H,8-11,14-25,48-52H2,1-4H3,(H,53,72)(H,54,67)(H,55,66)(H,56,69)(H,57,64)(H,58,71)(H,59,70)(H,60,65)(H,61,68)/t27-,28-,30+,31+,32+,33+,34+,35+,36-,37+,38+/m1/s1. The number of carbonyl (C=O) groups is 9. The zero-order chi connectivity index (χ0) is 53.9. The lowest BCUT2D eigenvalue weighted by Gasteiger charge is -2.28. The number of hydrogen-bond acceptors (Lipinski definition) is 16. The van der Waals surface area contributed by atoms with Crippen LogP contribution in [0.1, 0.15) is 97.5 Å². The Hall–Kier alpha value is -5.83. The van der Waals surface area contributed by atoms with Gasteiger partial charge in [0.05, 0.1) is 12.2 Å². The molecule has 1 aromatic rings. The number of amides is 9. The highest BCUT2D eigenvalue weighted by molar-refractivity contribution is 5.98. The molecule has 11 atom stereocenters. The van der Waals surface area contributed by atoms with Crippen molar-refractivity contribution in [2.45, 2.75) is 165 Å². The number of aliphatic hydroxyl groups excluding tert-OH is 2. The van der Waals surface area contributed by atoms with Gasteiger partial charge in [-0.15, -0.1) is 0 Å². The quantitative estimate of drug-likeness (QED) is 0.0483. The first-order valence-electron chi connectivity index (χ1n) is 24.8. The van der Waals surface area contributed by atoms with Gasteiger partial charge in [-0.3, -0.25) is 43.2 Å². The van der Waals surface area contributed by atoms with Gasteiger partial charge in [-0.1, -0.05) is 44.2 Å². The molecule has 406 valence electrons. The Balaban J connectivity index is 2.80. The maximum Gasteiger partial charge on any atom is 0.245 e. The summed E-state index contributed by atoms with van der Waals surface area (Å²) >= 11 is 0. The van der Waals surface area contributed by atoms with Gasteiger partial charge in [0.1, 0.15) is 54.4 Å². The van der Waals surface area contributed by atoms with E-state index in [1.54, 1.807) is 30.3 Å². The van der Waals surface area contributed by atoms with Crippen LogP contribution in [-0.4, -0.2) is 163 Å². The molecule has 72 heavy (non-hydrogen) atoms. The zero-order valence-corrected chi connectivity index (χ0v) is 42.1. The molecule has 25 nitrogen and oxygen atoms in total. The average Bonchev–Trinajstić information content (AvgIpc) is 3.33. The topological polar surface area (TPSA) is 432 Å². The Kier molecular flexibility index (Phi) is 28.6. The van der Waals surface area contributed by atoms with E-state index in [0.717, 1.165) is 0 Å². The molecule has 1 heterocycles. The molecular formula is C47H82N14O11. The molecule has 0 aliphatic carbocycles. The van der Waals surface area contributed by atoms with Crippen LogP contribution in [0.4, 0.5) is 0 Å². The zero-order valence-electron chi connectivity index (χ0n) is 42.1. The Morgan fingerprint density at radius 1 is 0.611 bits per heavy atom. The highest BCUT2D eigenvalue weighted by Crippen LogP contribution is 2.12. The van der Waals surface area contributed by atoms with Gasteiger partial charge in [-0.2, -0.15) is 0 Å². The highest BCUT2D eigenvalue weighted by atomic mass is 16.3. The molecule has 1 aliphatic heterocycles. The van der Waals surface area contributed by atoms with E-state index in [1.807, 2.05) is 13.8 Å². The third-order valence-corrected chi connectivity index (χ3v) is 11.8.